The molecule has 0 atom stereocenters. The van der Waals surface area contributed by atoms with Crippen molar-refractivity contribution < 1.29 is 4.79 Å². The smallest absolute Gasteiger partial charge is 0.234 e. The summed E-state index contributed by atoms with van der Waals surface area (Å²) >= 11 is 0. The molecule has 0 aromatic carbocycles. The molecule has 0 spiro atoms. The van der Waals surface area contributed by atoms with Crippen LogP contribution in [0, 0.1) is 0 Å². The zero-order chi connectivity index (χ0) is 14.3. The van der Waals surface area contributed by atoms with Gasteiger partial charge in [-0.2, -0.15) is 0 Å². The van der Waals surface area contributed by atoms with Gasteiger partial charge in [0.25, 0.3) is 0 Å². The highest BCUT2D eigenvalue weighted by atomic mass is 16.2. The molecule has 0 saturated heterocycles. The van der Waals surface area contributed by atoms with E-state index in [9.17, 15) is 4.79 Å². The lowest BCUT2D eigenvalue weighted by Crippen LogP contribution is -2.39. The summed E-state index contributed by atoms with van der Waals surface area (Å²) in [5, 5.41) is 2.87. The molecule has 7 heteroatoms. The number of anilines is 1. The number of nitrogens with two attached hydrogens (primary N) is 1. The predicted molar refractivity (Wildman–Crippen MR) is 74.1 cm³/mol. The average Bonchev–Trinajstić information content (AvgIpc) is 2.37. The van der Waals surface area contributed by atoms with Gasteiger partial charge in [-0.15, -0.1) is 0 Å². The highest BCUT2D eigenvalue weighted by molar-refractivity contribution is 5.78. The molecule has 106 valence electrons. The standard InChI is InChI=1S/C12H22N6O/c1-4-18(8-12(19)16-9(2)3)7-10-5-15-11(17-13)6-14-10/h5-6,9H,4,7-8,13H2,1-3H3,(H,15,17)(H,16,19). The van der Waals surface area contributed by atoms with Crippen molar-refractivity contribution in [2.75, 3.05) is 18.5 Å². The van der Waals surface area contributed by atoms with E-state index in [4.69, 9.17) is 5.84 Å². The fraction of sp³-hybridized carbons (Fsp3) is 0.583. The van der Waals surface area contributed by atoms with Gasteiger partial charge in [0.2, 0.25) is 5.91 Å². The highest BCUT2D eigenvalue weighted by Gasteiger charge is 2.11. The molecule has 1 amide bonds. The highest BCUT2D eigenvalue weighted by Crippen LogP contribution is 2.03. The maximum Gasteiger partial charge on any atom is 0.234 e. The Balaban J connectivity index is 2.53. The van der Waals surface area contributed by atoms with Crippen molar-refractivity contribution in [3.05, 3.63) is 18.1 Å². The molecular formula is C12H22N6O. The van der Waals surface area contributed by atoms with Crippen LogP contribution < -0.4 is 16.6 Å². The normalized spacial score (nSPS) is 10.8. The van der Waals surface area contributed by atoms with Crippen molar-refractivity contribution in [1.82, 2.24) is 20.2 Å². The van der Waals surface area contributed by atoms with Crippen LogP contribution in [0.1, 0.15) is 26.5 Å². The van der Waals surface area contributed by atoms with Gasteiger partial charge in [-0.1, -0.05) is 6.92 Å². The number of hydrazine groups is 1. The van der Waals surface area contributed by atoms with Crippen molar-refractivity contribution in [3.63, 3.8) is 0 Å². The van der Waals surface area contributed by atoms with Crippen molar-refractivity contribution in [2.24, 2.45) is 5.84 Å². The van der Waals surface area contributed by atoms with Crippen LogP contribution in [-0.2, 0) is 11.3 Å². The third-order valence-electron chi connectivity index (χ3n) is 2.50. The minimum atomic E-state index is 0.0186. The Hall–Kier alpha value is -1.73. The van der Waals surface area contributed by atoms with Crippen LogP contribution in [-0.4, -0.2) is 39.9 Å². The molecule has 0 aliphatic heterocycles. The van der Waals surface area contributed by atoms with Gasteiger partial charge in [0.05, 0.1) is 24.6 Å². The lowest BCUT2D eigenvalue weighted by atomic mass is 10.3. The third kappa shape index (κ3) is 5.62. The summed E-state index contributed by atoms with van der Waals surface area (Å²) in [7, 11) is 0. The summed E-state index contributed by atoms with van der Waals surface area (Å²) < 4.78 is 0. The van der Waals surface area contributed by atoms with E-state index in [2.05, 4.69) is 20.7 Å². The van der Waals surface area contributed by atoms with Gasteiger partial charge in [0.15, 0.2) is 5.82 Å². The number of likely N-dealkylation sites (N-methyl/N-ethyl adjacent to an activating group) is 1. The number of aromatic nitrogens is 2. The van der Waals surface area contributed by atoms with Gasteiger partial charge in [-0.3, -0.25) is 14.7 Å². The maximum absolute atomic E-state index is 11.7. The van der Waals surface area contributed by atoms with E-state index in [0.29, 0.717) is 18.9 Å². The average molecular weight is 266 g/mol. The quantitative estimate of drug-likeness (QED) is 0.479. The number of rotatable bonds is 7. The molecule has 0 fully saturated rings. The first kappa shape index (κ1) is 15.3. The van der Waals surface area contributed by atoms with Gasteiger partial charge >= 0.3 is 0 Å². The first-order valence-electron chi connectivity index (χ1n) is 6.34. The van der Waals surface area contributed by atoms with Crippen molar-refractivity contribution in [3.8, 4) is 0 Å². The number of nitrogens with zero attached hydrogens (tertiary/aromatic N) is 3. The minimum Gasteiger partial charge on any atom is -0.353 e. The Bertz CT molecular complexity index is 392. The zero-order valence-electron chi connectivity index (χ0n) is 11.7. The number of hydrogen-bond donors (Lipinski definition) is 3. The Morgan fingerprint density at radius 3 is 2.63 bits per heavy atom. The molecule has 0 aliphatic carbocycles. The first-order valence-corrected chi connectivity index (χ1v) is 6.34. The summed E-state index contributed by atoms with van der Waals surface area (Å²) in [6.07, 6.45) is 3.22. The lowest BCUT2D eigenvalue weighted by molar-refractivity contribution is -0.122. The summed E-state index contributed by atoms with van der Waals surface area (Å²) in [5.41, 5.74) is 3.23. The SMILES string of the molecule is CCN(CC(=O)NC(C)C)Cc1cnc(NN)cn1. The van der Waals surface area contributed by atoms with Gasteiger partial charge in [-0.05, 0) is 20.4 Å². The first-order chi connectivity index (χ1) is 9.05. The molecule has 19 heavy (non-hydrogen) atoms. The van der Waals surface area contributed by atoms with E-state index in [1.165, 1.54) is 0 Å². The molecule has 1 rings (SSSR count). The van der Waals surface area contributed by atoms with Crippen LogP contribution in [0.2, 0.25) is 0 Å². The van der Waals surface area contributed by atoms with E-state index < -0.39 is 0 Å². The molecule has 1 aromatic heterocycles. The Morgan fingerprint density at radius 1 is 1.42 bits per heavy atom. The van der Waals surface area contributed by atoms with Gasteiger partial charge < -0.3 is 10.7 Å². The molecule has 7 nitrogen and oxygen atoms in total. The van der Waals surface area contributed by atoms with Crippen LogP contribution in [0.25, 0.3) is 0 Å². The summed E-state index contributed by atoms with van der Waals surface area (Å²) in [6.45, 7) is 7.60. The number of hydrogen-bond acceptors (Lipinski definition) is 6. The molecule has 0 bridgehead atoms. The van der Waals surface area contributed by atoms with Crippen molar-refractivity contribution in [1.29, 1.82) is 0 Å². The van der Waals surface area contributed by atoms with Crippen LogP contribution in [0.5, 0.6) is 0 Å². The Kier molecular flexibility index (Phi) is 6.17. The molecule has 0 aliphatic rings. The fourth-order valence-corrected chi connectivity index (χ4v) is 1.59. The predicted octanol–water partition coefficient (Wildman–Crippen LogP) is 0.109. The van der Waals surface area contributed by atoms with E-state index in [-0.39, 0.29) is 11.9 Å². The monoisotopic (exact) mass is 266 g/mol. The fourth-order valence-electron chi connectivity index (χ4n) is 1.59. The van der Waals surface area contributed by atoms with Gasteiger partial charge in [-0.25, -0.2) is 10.8 Å². The Labute approximate surface area is 113 Å². The third-order valence-corrected chi connectivity index (χ3v) is 2.50. The van der Waals surface area contributed by atoms with E-state index in [1.807, 2.05) is 25.7 Å². The zero-order valence-corrected chi connectivity index (χ0v) is 11.7. The number of carbonyl (C=O) groups excluding carboxylic acids is 1. The molecule has 0 saturated carbocycles. The summed E-state index contributed by atoms with van der Waals surface area (Å²) in [6, 6.07) is 0.154. The van der Waals surface area contributed by atoms with Gasteiger partial charge in [0.1, 0.15) is 0 Å². The number of nitrogen functional groups attached to an aromatic ring is 1. The van der Waals surface area contributed by atoms with Crippen LogP contribution >= 0.6 is 0 Å². The second kappa shape index (κ2) is 7.65. The molecule has 4 N–H and O–H groups in total. The molecule has 1 aromatic rings. The van der Waals surface area contributed by atoms with Gasteiger partial charge in [0, 0.05) is 12.6 Å². The van der Waals surface area contributed by atoms with E-state index >= 15 is 0 Å². The van der Waals surface area contributed by atoms with Crippen LogP contribution in [0.4, 0.5) is 5.82 Å². The molecule has 0 radical (unpaired) electrons. The summed E-state index contributed by atoms with van der Waals surface area (Å²) in [5.74, 6) is 5.76. The topological polar surface area (TPSA) is 96.2 Å². The van der Waals surface area contributed by atoms with E-state index in [0.717, 1.165) is 12.2 Å². The largest absolute Gasteiger partial charge is 0.353 e. The summed E-state index contributed by atoms with van der Waals surface area (Å²) in [4.78, 5) is 22.0. The second-order valence-corrected chi connectivity index (χ2v) is 4.56. The minimum absolute atomic E-state index is 0.0186. The Morgan fingerprint density at radius 2 is 2.16 bits per heavy atom. The van der Waals surface area contributed by atoms with Crippen molar-refractivity contribution >= 4 is 11.7 Å². The van der Waals surface area contributed by atoms with E-state index in [1.54, 1.807) is 12.4 Å². The molecule has 0 unspecified atom stereocenters. The lowest BCUT2D eigenvalue weighted by Gasteiger charge is -2.20. The second-order valence-electron chi connectivity index (χ2n) is 4.56. The van der Waals surface area contributed by atoms with Crippen LogP contribution in [0.3, 0.4) is 0 Å². The number of amides is 1. The number of nitrogens with one attached hydrogen (secondary N) is 2. The maximum atomic E-state index is 11.7. The van der Waals surface area contributed by atoms with Crippen molar-refractivity contribution in [2.45, 2.75) is 33.4 Å². The van der Waals surface area contributed by atoms with Crippen LogP contribution in [0.15, 0.2) is 12.4 Å². The molecule has 1 heterocycles. The molecular weight excluding hydrogens is 244 g/mol. The number of carbonyl (C=O) groups is 1.